The van der Waals surface area contributed by atoms with Crippen LogP contribution >= 0.6 is 0 Å². The van der Waals surface area contributed by atoms with Crippen LogP contribution in [0.4, 0.5) is 11.4 Å². The number of aryl methyl sites for hydroxylation is 1. The van der Waals surface area contributed by atoms with Crippen molar-refractivity contribution in [2.75, 3.05) is 5.32 Å². The Labute approximate surface area is 160 Å². The summed E-state index contributed by atoms with van der Waals surface area (Å²) in [6.07, 6.45) is 2.85. The van der Waals surface area contributed by atoms with Gasteiger partial charge in [-0.05, 0) is 24.6 Å². The van der Waals surface area contributed by atoms with Gasteiger partial charge in [-0.3, -0.25) is 20.0 Å². The van der Waals surface area contributed by atoms with Gasteiger partial charge in [0.1, 0.15) is 11.6 Å². The number of aromatic amines is 1. The first-order valence-corrected chi connectivity index (χ1v) is 8.26. The summed E-state index contributed by atoms with van der Waals surface area (Å²) >= 11 is 0. The van der Waals surface area contributed by atoms with Crippen molar-refractivity contribution in [1.29, 1.82) is 5.26 Å². The molecule has 0 bridgehead atoms. The van der Waals surface area contributed by atoms with Crippen molar-refractivity contribution in [3.8, 4) is 17.3 Å². The number of nitrogens with zero attached hydrogens (tertiary/aromatic N) is 3. The molecule has 0 saturated carbocycles. The first-order chi connectivity index (χ1) is 13.5. The van der Waals surface area contributed by atoms with Crippen molar-refractivity contribution >= 4 is 23.4 Å². The van der Waals surface area contributed by atoms with Gasteiger partial charge in [0.25, 0.3) is 11.6 Å². The Balaban J connectivity index is 1.93. The maximum atomic E-state index is 12.5. The quantitative estimate of drug-likeness (QED) is 0.304. The number of anilines is 1. The molecule has 2 aromatic carbocycles. The van der Waals surface area contributed by atoms with E-state index < -0.39 is 10.8 Å². The standard InChI is InChI=1S/C20H15N5O3/c1-13-5-2-3-8-18(13)23-20(26)15(11-21)9-16-12-22-24-19(16)14-6-4-7-17(10-14)25(27)28/h2-10,12H,1H3,(H,22,24)(H,23,26). The Morgan fingerprint density at radius 2 is 2.07 bits per heavy atom. The molecular weight excluding hydrogens is 358 g/mol. The highest BCUT2D eigenvalue weighted by Gasteiger charge is 2.15. The zero-order valence-corrected chi connectivity index (χ0v) is 14.8. The average Bonchev–Trinajstić information content (AvgIpc) is 3.16. The predicted octanol–water partition coefficient (Wildman–Crippen LogP) is 3.84. The second-order valence-electron chi connectivity index (χ2n) is 5.95. The fraction of sp³-hybridized carbons (Fsp3) is 0.0500. The van der Waals surface area contributed by atoms with Gasteiger partial charge in [0.05, 0.1) is 16.8 Å². The van der Waals surface area contributed by atoms with Gasteiger partial charge >= 0.3 is 0 Å². The van der Waals surface area contributed by atoms with Crippen LogP contribution in [-0.4, -0.2) is 21.0 Å². The number of benzene rings is 2. The number of hydrogen-bond donors (Lipinski definition) is 2. The number of hydrogen-bond acceptors (Lipinski definition) is 5. The maximum Gasteiger partial charge on any atom is 0.270 e. The number of carbonyl (C=O) groups excluding carboxylic acids is 1. The van der Waals surface area contributed by atoms with Crippen LogP contribution in [-0.2, 0) is 4.79 Å². The molecule has 0 unspecified atom stereocenters. The molecule has 0 radical (unpaired) electrons. The highest BCUT2D eigenvalue weighted by Crippen LogP contribution is 2.26. The van der Waals surface area contributed by atoms with Crippen LogP contribution in [0.2, 0.25) is 0 Å². The summed E-state index contributed by atoms with van der Waals surface area (Å²) in [6, 6.07) is 15.1. The lowest BCUT2D eigenvalue weighted by Gasteiger charge is -2.07. The molecule has 8 heteroatoms. The highest BCUT2D eigenvalue weighted by atomic mass is 16.6. The number of non-ortho nitro benzene ring substituents is 1. The summed E-state index contributed by atoms with van der Waals surface area (Å²) in [7, 11) is 0. The van der Waals surface area contributed by atoms with Gasteiger partial charge in [-0.2, -0.15) is 10.4 Å². The number of nitrogens with one attached hydrogen (secondary N) is 2. The van der Waals surface area contributed by atoms with Gasteiger partial charge in [-0.25, -0.2) is 0 Å². The lowest BCUT2D eigenvalue weighted by atomic mass is 10.1. The fourth-order valence-electron chi connectivity index (χ4n) is 2.62. The summed E-state index contributed by atoms with van der Waals surface area (Å²) in [5.41, 5.74) is 2.76. The smallest absolute Gasteiger partial charge is 0.270 e. The van der Waals surface area contributed by atoms with Gasteiger partial charge < -0.3 is 5.32 Å². The van der Waals surface area contributed by atoms with Crippen LogP contribution in [0.15, 0.2) is 60.3 Å². The molecule has 3 rings (SSSR count). The van der Waals surface area contributed by atoms with E-state index in [1.165, 1.54) is 24.4 Å². The monoisotopic (exact) mass is 373 g/mol. The molecular formula is C20H15N5O3. The van der Waals surface area contributed by atoms with E-state index in [-0.39, 0.29) is 11.3 Å². The van der Waals surface area contributed by atoms with Gasteiger partial charge in [0, 0.05) is 28.9 Å². The topological polar surface area (TPSA) is 125 Å². The van der Waals surface area contributed by atoms with Crippen molar-refractivity contribution in [2.24, 2.45) is 0 Å². The summed E-state index contributed by atoms with van der Waals surface area (Å²) in [5, 5.41) is 29.8. The summed E-state index contributed by atoms with van der Waals surface area (Å²) in [4.78, 5) is 23.0. The SMILES string of the molecule is Cc1ccccc1NC(=O)C(C#N)=Cc1cn[nH]c1-c1cccc([N+](=O)[O-])c1. The van der Waals surface area contributed by atoms with Crippen molar-refractivity contribution in [2.45, 2.75) is 6.92 Å². The number of H-pyrrole nitrogens is 1. The van der Waals surface area contributed by atoms with Crippen molar-refractivity contribution in [1.82, 2.24) is 10.2 Å². The number of aromatic nitrogens is 2. The highest BCUT2D eigenvalue weighted by molar-refractivity contribution is 6.10. The van der Waals surface area contributed by atoms with E-state index in [1.807, 2.05) is 25.1 Å². The molecule has 0 aliphatic carbocycles. The minimum absolute atomic E-state index is 0.0696. The molecule has 138 valence electrons. The van der Waals surface area contributed by atoms with Crippen molar-refractivity contribution in [3.05, 3.63) is 81.5 Å². The third-order valence-corrected chi connectivity index (χ3v) is 4.07. The summed E-state index contributed by atoms with van der Waals surface area (Å²) < 4.78 is 0. The van der Waals surface area contributed by atoms with Crippen LogP contribution in [0.3, 0.4) is 0 Å². The van der Waals surface area contributed by atoms with E-state index in [0.717, 1.165) is 5.56 Å². The second-order valence-corrected chi connectivity index (χ2v) is 5.95. The van der Waals surface area contributed by atoms with Gasteiger partial charge in [0.2, 0.25) is 0 Å². The molecule has 2 N–H and O–H groups in total. The molecule has 8 nitrogen and oxygen atoms in total. The first kappa shape index (κ1) is 18.5. The van der Waals surface area contributed by atoms with Crippen molar-refractivity contribution in [3.63, 3.8) is 0 Å². The molecule has 0 fully saturated rings. The maximum absolute atomic E-state index is 12.5. The molecule has 1 aromatic heterocycles. The zero-order chi connectivity index (χ0) is 20.1. The Morgan fingerprint density at radius 3 is 2.79 bits per heavy atom. The molecule has 0 atom stereocenters. The van der Waals surface area contributed by atoms with E-state index in [1.54, 1.807) is 24.3 Å². The third-order valence-electron chi connectivity index (χ3n) is 4.07. The fourth-order valence-corrected chi connectivity index (χ4v) is 2.62. The Bertz CT molecular complexity index is 1120. The van der Waals surface area contributed by atoms with Crippen LogP contribution < -0.4 is 5.32 Å². The molecule has 1 heterocycles. The molecule has 3 aromatic rings. The second kappa shape index (κ2) is 7.97. The molecule has 0 aliphatic heterocycles. The lowest BCUT2D eigenvalue weighted by Crippen LogP contribution is -2.14. The van der Waals surface area contributed by atoms with E-state index in [2.05, 4.69) is 15.5 Å². The Hall–Kier alpha value is -4.25. The normalized spacial score (nSPS) is 10.9. The van der Waals surface area contributed by atoms with Gasteiger partial charge in [0.15, 0.2) is 0 Å². The third kappa shape index (κ3) is 3.94. The molecule has 0 aliphatic rings. The predicted molar refractivity (Wildman–Crippen MR) is 104 cm³/mol. The van der Waals surface area contributed by atoms with E-state index >= 15 is 0 Å². The number of nitriles is 1. The number of para-hydroxylation sites is 1. The first-order valence-electron chi connectivity index (χ1n) is 8.26. The van der Waals surface area contributed by atoms with E-state index in [9.17, 15) is 20.2 Å². The van der Waals surface area contributed by atoms with Crippen LogP contribution in [0.25, 0.3) is 17.3 Å². The molecule has 1 amide bonds. The van der Waals surface area contributed by atoms with Crippen LogP contribution in [0, 0.1) is 28.4 Å². The zero-order valence-electron chi connectivity index (χ0n) is 14.8. The van der Waals surface area contributed by atoms with Crippen LogP contribution in [0.5, 0.6) is 0 Å². The number of nitro benzene ring substituents is 1. The van der Waals surface area contributed by atoms with Gasteiger partial charge in [-0.1, -0.05) is 30.3 Å². The molecule has 0 saturated heterocycles. The van der Waals surface area contributed by atoms with Crippen molar-refractivity contribution < 1.29 is 9.72 Å². The van der Waals surface area contributed by atoms with E-state index in [4.69, 9.17) is 0 Å². The van der Waals surface area contributed by atoms with Gasteiger partial charge in [-0.15, -0.1) is 0 Å². The number of amides is 1. The largest absolute Gasteiger partial charge is 0.321 e. The number of nitro groups is 1. The average molecular weight is 373 g/mol. The number of carbonyl (C=O) groups is 1. The minimum atomic E-state index is -0.553. The minimum Gasteiger partial charge on any atom is -0.321 e. The Morgan fingerprint density at radius 1 is 1.29 bits per heavy atom. The van der Waals surface area contributed by atoms with E-state index in [0.29, 0.717) is 22.5 Å². The molecule has 28 heavy (non-hydrogen) atoms. The lowest BCUT2D eigenvalue weighted by molar-refractivity contribution is -0.384. The number of rotatable bonds is 5. The van der Waals surface area contributed by atoms with Crippen LogP contribution in [0.1, 0.15) is 11.1 Å². The summed E-state index contributed by atoms with van der Waals surface area (Å²) in [6.45, 7) is 1.85. The Kier molecular flexibility index (Phi) is 5.28. The molecule has 0 spiro atoms. The summed E-state index contributed by atoms with van der Waals surface area (Å²) in [5.74, 6) is -0.553.